The molecule has 3 rings (SSSR count). The van der Waals surface area contributed by atoms with Crippen LogP contribution in [0.3, 0.4) is 0 Å². The summed E-state index contributed by atoms with van der Waals surface area (Å²) in [6.45, 7) is 11.9. The molecule has 1 unspecified atom stereocenters. The SMILES string of the molecule is CCN(CC)C(CNCc1cnc(N2CCOCC2)s1)c1ccccc1. The molecular formula is C20H30N4OS. The van der Waals surface area contributed by atoms with Crippen molar-refractivity contribution in [3.8, 4) is 0 Å². The average Bonchev–Trinajstić information content (AvgIpc) is 3.18. The molecule has 1 saturated heterocycles. The van der Waals surface area contributed by atoms with E-state index in [1.165, 1.54) is 10.4 Å². The molecular weight excluding hydrogens is 344 g/mol. The molecule has 1 fully saturated rings. The first-order valence-electron chi connectivity index (χ1n) is 9.59. The molecule has 0 aliphatic carbocycles. The molecule has 0 saturated carbocycles. The van der Waals surface area contributed by atoms with E-state index in [2.05, 4.69) is 64.3 Å². The molecule has 1 aromatic heterocycles. The van der Waals surface area contributed by atoms with Crippen molar-refractivity contribution in [2.75, 3.05) is 50.8 Å². The van der Waals surface area contributed by atoms with Gasteiger partial charge in [0.15, 0.2) is 5.13 Å². The van der Waals surface area contributed by atoms with Gasteiger partial charge in [-0.3, -0.25) is 4.90 Å². The van der Waals surface area contributed by atoms with Gasteiger partial charge in [0.1, 0.15) is 0 Å². The third-order valence-corrected chi connectivity index (χ3v) is 5.96. The number of benzene rings is 1. The second kappa shape index (κ2) is 10.0. The summed E-state index contributed by atoms with van der Waals surface area (Å²) in [5.74, 6) is 0. The Labute approximate surface area is 161 Å². The summed E-state index contributed by atoms with van der Waals surface area (Å²) < 4.78 is 5.42. The van der Waals surface area contributed by atoms with E-state index < -0.39 is 0 Å². The van der Waals surface area contributed by atoms with Gasteiger partial charge in [0.25, 0.3) is 0 Å². The quantitative estimate of drug-likeness (QED) is 0.730. The summed E-state index contributed by atoms with van der Waals surface area (Å²) in [5, 5.41) is 4.77. The second-order valence-corrected chi connectivity index (χ2v) is 7.58. The van der Waals surface area contributed by atoms with Crippen LogP contribution < -0.4 is 10.2 Å². The fourth-order valence-corrected chi connectivity index (χ4v) is 4.34. The zero-order valence-corrected chi connectivity index (χ0v) is 16.7. The van der Waals surface area contributed by atoms with Crippen molar-refractivity contribution in [3.63, 3.8) is 0 Å². The first-order chi connectivity index (χ1) is 12.8. The van der Waals surface area contributed by atoms with E-state index in [0.717, 1.165) is 57.6 Å². The fraction of sp³-hybridized carbons (Fsp3) is 0.550. The number of rotatable bonds is 9. The van der Waals surface area contributed by atoms with Gasteiger partial charge in [-0.25, -0.2) is 4.98 Å². The van der Waals surface area contributed by atoms with Crippen LogP contribution in [0.15, 0.2) is 36.5 Å². The lowest BCUT2D eigenvalue weighted by atomic mass is 10.1. The van der Waals surface area contributed by atoms with Gasteiger partial charge in [0, 0.05) is 43.3 Å². The number of aromatic nitrogens is 1. The summed E-state index contributed by atoms with van der Waals surface area (Å²) in [4.78, 5) is 10.7. The molecule has 142 valence electrons. The number of morpholine rings is 1. The second-order valence-electron chi connectivity index (χ2n) is 6.49. The van der Waals surface area contributed by atoms with E-state index in [9.17, 15) is 0 Å². The van der Waals surface area contributed by atoms with Crippen molar-refractivity contribution >= 4 is 16.5 Å². The summed E-state index contributed by atoms with van der Waals surface area (Å²) in [6, 6.07) is 11.2. The Morgan fingerprint density at radius 3 is 2.62 bits per heavy atom. The molecule has 0 spiro atoms. The van der Waals surface area contributed by atoms with Gasteiger partial charge in [-0.1, -0.05) is 44.2 Å². The van der Waals surface area contributed by atoms with E-state index in [1.807, 2.05) is 6.20 Å². The third kappa shape index (κ3) is 5.04. The van der Waals surface area contributed by atoms with Crippen LogP contribution in [0.1, 0.15) is 30.3 Å². The number of thiazole rings is 1. The summed E-state index contributed by atoms with van der Waals surface area (Å²) in [5.41, 5.74) is 1.38. The van der Waals surface area contributed by atoms with Crippen molar-refractivity contribution in [2.24, 2.45) is 0 Å². The molecule has 0 radical (unpaired) electrons. The lowest BCUT2D eigenvalue weighted by Gasteiger charge is -2.30. The predicted octanol–water partition coefficient (Wildman–Crippen LogP) is 3.15. The average molecular weight is 375 g/mol. The molecule has 1 atom stereocenters. The molecule has 5 nitrogen and oxygen atoms in total. The van der Waals surface area contributed by atoms with E-state index >= 15 is 0 Å². The molecule has 6 heteroatoms. The van der Waals surface area contributed by atoms with Crippen LogP contribution in [-0.2, 0) is 11.3 Å². The van der Waals surface area contributed by atoms with Gasteiger partial charge in [0.05, 0.1) is 13.2 Å². The molecule has 0 bridgehead atoms. The molecule has 26 heavy (non-hydrogen) atoms. The number of likely N-dealkylation sites (N-methyl/N-ethyl adjacent to an activating group) is 1. The maximum Gasteiger partial charge on any atom is 0.185 e. The molecule has 0 amide bonds. The summed E-state index contributed by atoms with van der Waals surface area (Å²) >= 11 is 1.79. The van der Waals surface area contributed by atoms with Crippen molar-refractivity contribution in [1.29, 1.82) is 0 Å². The Bertz CT molecular complexity index is 638. The largest absolute Gasteiger partial charge is 0.378 e. The van der Waals surface area contributed by atoms with Crippen molar-refractivity contribution in [2.45, 2.75) is 26.4 Å². The van der Waals surface area contributed by atoms with Crippen LogP contribution in [0.2, 0.25) is 0 Å². The highest BCUT2D eigenvalue weighted by Gasteiger charge is 2.18. The minimum atomic E-state index is 0.401. The number of hydrogen-bond acceptors (Lipinski definition) is 6. The normalized spacial score (nSPS) is 16.2. The highest BCUT2D eigenvalue weighted by molar-refractivity contribution is 7.15. The van der Waals surface area contributed by atoms with Crippen molar-refractivity contribution in [3.05, 3.63) is 47.0 Å². The molecule has 1 aliphatic heterocycles. The van der Waals surface area contributed by atoms with Gasteiger partial charge in [-0.05, 0) is 18.7 Å². The minimum Gasteiger partial charge on any atom is -0.378 e. The topological polar surface area (TPSA) is 40.6 Å². The van der Waals surface area contributed by atoms with Gasteiger partial charge in [0.2, 0.25) is 0 Å². The Kier molecular flexibility index (Phi) is 7.43. The van der Waals surface area contributed by atoms with E-state index in [-0.39, 0.29) is 0 Å². The highest BCUT2D eigenvalue weighted by atomic mass is 32.1. The van der Waals surface area contributed by atoms with Crippen LogP contribution in [0.5, 0.6) is 0 Å². The van der Waals surface area contributed by atoms with Crippen LogP contribution >= 0.6 is 11.3 Å². The number of nitrogens with one attached hydrogen (secondary N) is 1. The highest BCUT2D eigenvalue weighted by Crippen LogP contribution is 2.24. The summed E-state index contributed by atoms with van der Waals surface area (Å²) in [7, 11) is 0. The summed E-state index contributed by atoms with van der Waals surface area (Å²) in [6.07, 6.45) is 2.01. The fourth-order valence-electron chi connectivity index (χ4n) is 3.41. The Morgan fingerprint density at radius 2 is 1.92 bits per heavy atom. The van der Waals surface area contributed by atoms with Crippen molar-refractivity contribution < 1.29 is 4.74 Å². The van der Waals surface area contributed by atoms with E-state index in [0.29, 0.717) is 6.04 Å². The maximum atomic E-state index is 5.42. The third-order valence-electron chi connectivity index (χ3n) is 4.90. The van der Waals surface area contributed by atoms with E-state index in [4.69, 9.17) is 4.74 Å². The molecule has 1 N–H and O–H groups in total. The van der Waals surface area contributed by atoms with Gasteiger partial charge in [-0.15, -0.1) is 11.3 Å². The molecule has 2 aromatic rings. The van der Waals surface area contributed by atoms with Gasteiger partial charge >= 0.3 is 0 Å². The van der Waals surface area contributed by atoms with Crippen LogP contribution in [-0.4, -0.2) is 55.8 Å². The molecule has 1 aromatic carbocycles. The zero-order valence-electron chi connectivity index (χ0n) is 15.9. The van der Waals surface area contributed by atoms with Gasteiger partial charge in [-0.2, -0.15) is 0 Å². The van der Waals surface area contributed by atoms with Crippen LogP contribution in [0, 0.1) is 0 Å². The number of anilines is 1. The number of nitrogens with zero attached hydrogens (tertiary/aromatic N) is 3. The van der Waals surface area contributed by atoms with E-state index in [1.54, 1.807) is 11.3 Å². The Morgan fingerprint density at radius 1 is 1.19 bits per heavy atom. The smallest absolute Gasteiger partial charge is 0.185 e. The number of hydrogen-bond donors (Lipinski definition) is 1. The maximum absolute atomic E-state index is 5.42. The lowest BCUT2D eigenvalue weighted by Crippen LogP contribution is -2.36. The minimum absolute atomic E-state index is 0.401. The van der Waals surface area contributed by atoms with Gasteiger partial charge < -0.3 is 15.0 Å². The standard InChI is InChI=1S/C20H30N4OS/c1-3-23(4-2)19(17-8-6-5-7-9-17)16-21-14-18-15-22-20(26-18)24-10-12-25-13-11-24/h5-9,15,19,21H,3-4,10-14,16H2,1-2H3. The predicted molar refractivity (Wildman–Crippen MR) is 109 cm³/mol. The first-order valence-corrected chi connectivity index (χ1v) is 10.4. The zero-order chi connectivity index (χ0) is 18.2. The number of ether oxygens (including phenoxy) is 1. The first kappa shape index (κ1) is 19.3. The molecule has 2 heterocycles. The monoisotopic (exact) mass is 374 g/mol. The van der Waals surface area contributed by atoms with Crippen LogP contribution in [0.25, 0.3) is 0 Å². The van der Waals surface area contributed by atoms with Crippen LogP contribution in [0.4, 0.5) is 5.13 Å². The molecule has 1 aliphatic rings. The van der Waals surface area contributed by atoms with Crippen molar-refractivity contribution in [1.82, 2.24) is 15.2 Å². The lowest BCUT2D eigenvalue weighted by molar-refractivity contribution is 0.122. The Balaban J connectivity index is 1.57. The Hall–Kier alpha value is -1.47.